The van der Waals surface area contributed by atoms with Crippen LogP contribution in [0.3, 0.4) is 0 Å². The zero-order chi connectivity index (χ0) is 21.3. The number of hydrogen-bond acceptors (Lipinski definition) is 2. The first kappa shape index (κ1) is 21.4. The quantitative estimate of drug-likeness (QED) is 0.524. The second-order valence-electron chi connectivity index (χ2n) is 7.74. The molecule has 0 aliphatic carbocycles. The summed E-state index contributed by atoms with van der Waals surface area (Å²) in [5, 5.41) is 1.83. The molecule has 0 aromatic heterocycles. The Morgan fingerprint density at radius 2 is 1.72 bits per heavy atom. The summed E-state index contributed by atoms with van der Waals surface area (Å²) in [6.45, 7) is 7.58. The molecule has 0 amide bonds. The van der Waals surface area contributed by atoms with Gasteiger partial charge in [-0.05, 0) is 74.1 Å². The smallest absolute Gasteiger partial charge is 0.271 e. The molecule has 1 unspecified atom stereocenters. The zero-order valence-electron chi connectivity index (χ0n) is 17.0. The number of nitrogens with zero attached hydrogens (tertiary/aromatic N) is 1. The first-order chi connectivity index (χ1) is 13.6. The minimum Gasteiger partial charge on any atom is -0.271 e. The fourth-order valence-corrected chi connectivity index (χ4v) is 3.63. The van der Waals surface area contributed by atoms with Gasteiger partial charge in [0.1, 0.15) is 5.82 Å². The van der Waals surface area contributed by atoms with Gasteiger partial charge < -0.3 is 0 Å². The van der Waals surface area contributed by atoms with E-state index in [1.165, 1.54) is 32.1 Å². The number of halogens is 4. The molecule has 2 aromatic carbocycles. The minimum atomic E-state index is -4.47. The predicted molar refractivity (Wildman–Crippen MR) is 107 cm³/mol. The van der Waals surface area contributed by atoms with E-state index < -0.39 is 17.9 Å². The Kier molecular flexibility index (Phi) is 6.03. The molecule has 0 spiro atoms. The summed E-state index contributed by atoms with van der Waals surface area (Å²) >= 11 is 0. The van der Waals surface area contributed by atoms with Crippen LogP contribution in [-0.4, -0.2) is 18.8 Å². The van der Waals surface area contributed by atoms with Crippen molar-refractivity contribution in [2.75, 3.05) is 11.6 Å². The molecule has 1 atom stereocenters. The highest BCUT2D eigenvalue weighted by Gasteiger charge is 2.39. The third-order valence-corrected chi connectivity index (χ3v) is 4.95. The Morgan fingerprint density at radius 3 is 2.31 bits per heavy atom. The molecule has 0 saturated heterocycles. The van der Waals surface area contributed by atoms with E-state index in [9.17, 15) is 17.6 Å². The molecule has 156 valence electrons. The Balaban J connectivity index is 1.88. The van der Waals surface area contributed by atoms with Gasteiger partial charge in [-0.1, -0.05) is 30.4 Å². The summed E-state index contributed by atoms with van der Waals surface area (Å²) in [6.07, 6.45) is -1.01. The topological polar surface area (TPSA) is 12.5 Å². The third kappa shape index (κ3) is 4.81. The van der Waals surface area contributed by atoms with Crippen LogP contribution in [-0.2, 0) is 11.3 Å². The van der Waals surface area contributed by atoms with Crippen molar-refractivity contribution in [2.45, 2.75) is 52.3 Å². The summed E-state index contributed by atoms with van der Waals surface area (Å²) in [7, 11) is 0. The molecule has 0 N–H and O–H groups in total. The number of rotatable bonds is 5. The monoisotopic (exact) mass is 407 g/mol. The first-order valence-electron chi connectivity index (χ1n) is 9.65. The van der Waals surface area contributed by atoms with Crippen LogP contribution in [0.5, 0.6) is 0 Å². The van der Waals surface area contributed by atoms with Gasteiger partial charge in [0, 0.05) is 6.54 Å². The average molecular weight is 407 g/mol. The number of hydrogen-bond donors (Lipinski definition) is 0. The number of anilines is 1. The van der Waals surface area contributed by atoms with Crippen molar-refractivity contribution in [3.63, 3.8) is 0 Å². The molecular formula is C23H25F4NO. The maximum absolute atomic E-state index is 13.8. The van der Waals surface area contributed by atoms with Crippen LogP contribution in [0, 0.1) is 19.7 Å². The van der Waals surface area contributed by atoms with Crippen molar-refractivity contribution >= 4 is 11.8 Å². The normalized spacial score (nSPS) is 15.4. The van der Waals surface area contributed by atoms with E-state index >= 15 is 0 Å². The van der Waals surface area contributed by atoms with Gasteiger partial charge in [0.2, 0.25) is 0 Å². The van der Waals surface area contributed by atoms with Crippen molar-refractivity contribution in [3.05, 3.63) is 70.0 Å². The third-order valence-electron chi connectivity index (χ3n) is 4.95. The van der Waals surface area contributed by atoms with E-state index in [2.05, 4.69) is 0 Å². The van der Waals surface area contributed by atoms with Gasteiger partial charge in [0.05, 0.1) is 17.7 Å². The maximum Gasteiger partial charge on any atom is 0.399 e. The second-order valence-corrected chi connectivity index (χ2v) is 7.74. The largest absolute Gasteiger partial charge is 0.399 e. The second kappa shape index (κ2) is 8.19. The molecule has 0 saturated carbocycles. The lowest BCUT2D eigenvalue weighted by Gasteiger charge is -2.21. The Bertz CT molecular complexity index is 895. The van der Waals surface area contributed by atoms with Gasteiger partial charge in [0.15, 0.2) is 0 Å². The fraction of sp³-hybridized carbons (Fsp3) is 0.391. The molecule has 0 radical (unpaired) electrons. The Hall–Kier alpha value is -2.34. The lowest BCUT2D eigenvalue weighted by Crippen LogP contribution is -2.24. The fourth-order valence-electron chi connectivity index (χ4n) is 3.63. The van der Waals surface area contributed by atoms with E-state index in [1.807, 2.05) is 31.0 Å². The number of aryl methyl sites for hydroxylation is 2. The molecular weight excluding hydrogens is 382 g/mol. The van der Waals surface area contributed by atoms with Gasteiger partial charge in [-0.25, -0.2) is 4.39 Å². The summed E-state index contributed by atoms with van der Waals surface area (Å²) in [5.74, 6) is -2.26. The standard InChI is InChI=1S/C23H25F4NO/c1-14(2)29-28-10-9-18-13-17(6-8-21(18)28)5-7-20(23(25,26)27)19-11-15(3)22(24)16(4)12-19/h5-8,11-14,20H,9-10H2,1-4H3/b7-5+. The van der Waals surface area contributed by atoms with Crippen LogP contribution in [0.4, 0.5) is 23.2 Å². The average Bonchev–Trinajstić information content (AvgIpc) is 3.00. The van der Waals surface area contributed by atoms with Gasteiger partial charge in [-0.3, -0.25) is 9.90 Å². The number of allylic oxidation sites excluding steroid dienone is 1. The Labute approximate surface area is 168 Å². The van der Waals surface area contributed by atoms with E-state index in [0.717, 1.165) is 30.3 Å². The molecule has 3 rings (SSSR count). The molecule has 1 heterocycles. The molecule has 0 bridgehead atoms. The van der Waals surface area contributed by atoms with Gasteiger partial charge in [0.25, 0.3) is 0 Å². The van der Waals surface area contributed by atoms with Crippen LogP contribution in [0.15, 0.2) is 36.4 Å². The summed E-state index contributed by atoms with van der Waals surface area (Å²) in [5.41, 5.74) is 3.16. The van der Waals surface area contributed by atoms with E-state index in [1.54, 1.807) is 6.07 Å². The van der Waals surface area contributed by atoms with Gasteiger partial charge >= 0.3 is 6.18 Å². The van der Waals surface area contributed by atoms with Gasteiger partial charge in [-0.2, -0.15) is 13.2 Å². The van der Waals surface area contributed by atoms with Crippen LogP contribution in [0.2, 0.25) is 0 Å². The number of hydroxylamine groups is 1. The summed E-state index contributed by atoms with van der Waals surface area (Å²) in [4.78, 5) is 5.75. The summed E-state index contributed by atoms with van der Waals surface area (Å²) < 4.78 is 54.9. The summed E-state index contributed by atoms with van der Waals surface area (Å²) in [6, 6.07) is 8.10. The van der Waals surface area contributed by atoms with Crippen LogP contribution < -0.4 is 5.06 Å². The highest BCUT2D eigenvalue weighted by atomic mass is 19.4. The number of alkyl halides is 3. The van der Waals surface area contributed by atoms with E-state index in [4.69, 9.17) is 4.84 Å². The van der Waals surface area contributed by atoms with Crippen molar-refractivity contribution in [2.24, 2.45) is 0 Å². The van der Waals surface area contributed by atoms with Gasteiger partial charge in [-0.15, -0.1) is 0 Å². The molecule has 2 nitrogen and oxygen atoms in total. The SMILES string of the molecule is Cc1cc(C(/C=C/c2ccc3c(c2)CCN3OC(C)C)C(F)(F)F)cc(C)c1F. The molecule has 1 aliphatic rings. The van der Waals surface area contributed by atoms with Crippen molar-refractivity contribution in [1.29, 1.82) is 0 Å². The van der Waals surface area contributed by atoms with E-state index in [0.29, 0.717) is 5.56 Å². The lowest BCUT2D eigenvalue weighted by molar-refractivity contribution is -0.139. The molecule has 1 aliphatic heterocycles. The zero-order valence-corrected chi connectivity index (χ0v) is 17.0. The molecule has 29 heavy (non-hydrogen) atoms. The Morgan fingerprint density at radius 1 is 1.07 bits per heavy atom. The lowest BCUT2D eigenvalue weighted by atomic mass is 9.93. The van der Waals surface area contributed by atoms with Crippen molar-refractivity contribution < 1.29 is 22.4 Å². The van der Waals surface area contributed by atoms with E-state index in [-0.39, 0.29) is 22.8 Å². The number of benzene rings is 2. The van der Waals surface area contributed by atoms with Crippen LogP contribution in [0.25, 0.3) is 6.08 Å². The molecule has 0 fully saturated rings. The highest BCUT2D eigenvalue weighted by molar-refractivity contribution is 5.63. The van der Waals surface area contributed by atoms with Crippen molar-refractivity contribution in [1.82, 2.24) is 0 Å². The molecule has 6 heteroatoms. The van der Waals surface area contributed by atoms with Crippen molar-refractivity contribution in [3.8, 4) is 0 Å². The molecule has 2 aromatic rings. The minimum absolute atomic E-state index is 0.0443. The maximum atomic E-state index is 13.8. The first-order valence-corrected chi connectivity index (χ1v) is 9.65. The number of fused-ring (bicyclic) bond motifs is 1. The van der Waals surface area contributed by atoms with Crippen LogP contribution in [0.1, 0.15) is 47.6 Å². The predicted octanol–water partition coefficient (Wildman–Crippen LogP) is 6.50. The highest BCUT2D eigenvalue weighted by Crippen LogP contribution is 2.38. The van der Waals surface area contributed by atoms with Crippen LogP contribution >= 0.6 is 0 Å².